The summed E-state index contributed by atoms with van der Waals surface area (Å²) in [5, 5.41) is 3.20. The van der Waals surface area contributed by atoms with Gasteiger partial charge in [0.25, 0.3) is 0 Å². The number of sulfone groups is 1. The Hall–Kier alpha value is -1.28. The molecule has 122 valence electrons. The average molecular weight is 356 g/mol. The molecule has 0 spiro atoms. The van der Waals surface area contributed by atoms with Crippen molar-refractivity contribution in [3.8, 4) is 0 Å². The topological polar surface area (TPSA) is 55.7 Å². The lowest BCUT2D eigenvalue weighted by molar-refractivity contribution is -0.138. The maximum atomic E-state index is 12.9. The fourth-order valence-corrected chi connectivity index (χ4v) is 3.64. The van der Waals surface area contributed by atoms with Gasteiger partial charge in [-0.15, -0.1) is 11.6 Å². The van der Waals surface area contributed by atoms with Gasteiger partial charge in [-0.2, -0.15) is 13.2 Å². The summed E-state index contributed by atoms with van der Waals surface area (Å²) in [7, 11) is -4.01. The Kier molecular flexibility index (Phi) is 4.45. The molecule has 0 fully saturated rings. The van der Waals surface area contributed by atoms with Gasteiger partial charge in [0, 0.05) is 6.42 Å². The molecule has 0 saturated carbocycles. The Labute approximate surface area is 130 Å². The Bertz CT molecular complexity index is 703. The molecule has 4 nitrogen and oxygen atoms in total. The number of hydrogen-bond acceptors (Lipinski definition) is 4. The number of nitrogens with zero attached hydrogens (tertiary/aromatic N) is 1. The Morgan fingerprint density at radius 3 is 2.55 bits per heavy atom. The van der Waals surface area contributed by atoms with E-state index in [1.165, 1.54) is 12.1 Å². The fraction of sp³-hybridized carbons (Fsp3) is 0.462. The molecule has 2 rings (SSSR count). The van der Waals surface area contributed by atoms with Crippen LogP contribution < -0.4 is 0 Å². The van der Waals surface area contributed by atoms with E-state index in [1.54, 1.807) is 6.92 Å². The molecule has 0 aromatic heterocycles. The van der Waals surface area contributed by atoms with Gasteiger partial charge in [-0.1, -0.05) is 23.4 Å². The molecule has 0 bridgehead atoms. The van der Waals surface area contributed by atoms with Crippen molar-refractivity contribution in [3.63, 3.8) is 0 Å². The van der Waals surface area contributed by atoms with Crippen LogP contribution in [0.5, 0.6) is 0 Å². The van der Waals surface area contributed by atoms with Gasteiger partial charge in [-0.05, 0) is 18.6 Å². The normalized spacial score (nSPS) is 22.3. The van der Waals surface area contributed by atoms with E-state index in [0.717, 1.165) is 12.1 Å². The number of alkyl halides is 4. The maximum absolute atomic E-state index is 12.9. The molecular formula is C13H13ClF3NO3S. The van der Waals surface area contributed by atoms with Crippen molar-refractivity contribution >= 4 is 26.5 Å². The van der Waals surface area contributed by atoms with Crippen molar-refractivity contribution in [2.45, 2.75) is 30.9 Å². The van der Waals surface area contributed by atoms with Crippen molar-refractivity contribution in [2.75, 3.05) is 5.88 Å². The first-order chi connectivity index (χ1) is 10.1. The Morgan fingerprint density at radius 2 is 2.00 bits per heavy atom. The van der Waals surface area contributed by atoms with Gasteiger partial charge in [0.15, 0.2) is 20.5 Å². The van der Waals surface area contributed by atoms with Gasteiger partial charge < -0.3 is 4.84 Å². The predicted octanol–water partition coefficient (Wildman–Crippen LogP) is 3.35. The number of benzene rings is 1. The molecule has 1 atom stereocenters. The molecule has 0 aliphatic carbocycles. The highest BCUT2D eigenvalue weighted by Gasteiger charge is 2.40. The molecule has 0 saturated heterocycles. The second-order valence-corrected chi connectivity index (χ2v) is 7.51. The minimum atomic E-state index is -4.62. The smallest absolute Gasteiger partial charge is 0.387 e. The van der Waals surface area contributed by atoms with Gasteiger partial charge in [0.2, 0.25) is 0 Å². The standard InChI is InChI=1S/C13H13ClF3NO3S/c1-12(8-14)6-11(18-21-12)22(19,20)7-9-4-2-3-5-10(9)13(15,16)17/h2-5H,6-8H2,1H3. The molecule has 1 aromatic rings. The van der Waals surface area contributed by atoms with E-state index in [4.69, 9.17) is 16.4 Å². The number of hydrogen-bond donors (Lipinski definition) is 0. The van der Waals surface area contributed by atoms with E-state index in [-0.39, 0.29) is 22.9 Å². The van der Waals surface area contributed by atoms with Gasteiger partial charge >= 0.3 is 6.18 Å². The molecule has 1 aromatic carbocycles. The monoisotopic (exact) mass is 355 g/mol. The quantitative estimate of drug-likeness (QED) is 0.781. The third-order valence-corrected chi connectivity index (χ3v) is 5.40. The third kappa shape index (κ3) is 3.55. The zero-order valence-electron chi connectivity index (χ0n) is 11.5. The first-order valence-corrected chi connectivity index (χ1v) is 8.45. The van der Waals surface area contributed by atoms with Gasteiger partial charge in [-0.25, -0.2) is 8.42 Å². The molecule has 1 aliphatic heterocycles. The summed E-state index contributed by atoms with van der Waals surface area (Å²) in [4.78, 5) is 4.98. The molecule has 1 aliphatic rings. The first-order valence-electron chi connectivity index (χ1n) is 6.26. The Balaban J connectivity index is 2.29. The second-order valence-electron chi connectivity index (χ2n) is 5.25. The van der Waals surface area contributed by atoms with Crippen LogP contribution in [-0.4, -0.2) is 24.9 Å². The summed E-state index contributed by atoms with van der Waals surface area (Å²) in [6.07, 6.45) is -4.68. The predicted molar refractivity (Wildman–Crippen MR) is 76.3 cm³/mol. The molecule has 22 heavy (non-hydrogen) atoms. The van der Waals surface area contributed by atoms with Crippen LogP contribution >= 0.6 is 11.6 Å². The lowest BCUT2D eigenvalue weighted by atomic mass is 10.1. The van der Waals surface area contributed by atoms with Gasteiger partial charge in [0.1, 0.15) is 0 Å². The number of rotatable bonds is 3. The summed E-state index contributed by atoms with van der Waals surface area (Å²) in [6.45, 7) is 1.58. The molecule has 9 heteroatoms. The number of oxime groups is 1. The molecule has 0 amide bonds. The lowest BCUT2D eigenvalue weighted by Crippen LogP contribution is -2.29. The molecule has 0 N–H and O–H groups in total. The van der Waals surface area contributed by atoms with Crippen LogP contribution in [0.25, 0.3) is 0 Å². The van der Waals surface area contributed by atoms with Crippen LogP contribution in [0.4, 0.5) is 13.2 Å². The van der Waals surface area contributed by atoms with E-state index in [0.29, 0.717) is 0 Å². The zero-order chi connectivity index (χ0) is 16.6. The summed E-state index contributed by atoms with van der Waals surface area (Å²) < 4.78 is 63.3. The minimum Gasteiger partial charge on any atom is -0.387 e. The number of halogens is 4. The Morgan fingerprint density at radius 1 is 1.36 bits per heavy atom. The summed E-state index contributed by atoms with van der Waals surface area (Å²) >= 11 is 5.67. The van der Waals surface area contributed by atoms with E-state index in [1.807, 2.05) is 0 Å². The van der Waals surface area contributed by atoms with Crippen LogP contribution in [0, 0.1) is 0 Å². The van der Waals surface area contributed by atoms with Crippen LogP contribution in [0.2, 0.25) is 0 Å². The van der Waals surface area contributed by atoms with E-state index < -0.39 is 32.9 Å². The minimum absolute atomic E-state index is 0.0225. The van der Waals surface area contributed by atoms with Crippen LogP contribution in [0.15, 0.2) is 29.4 Å². The highest BCUT2D eigenvalue weighted by Crippen LogP contribution is 2.34. The van der Waals surface area contributed by atoms with Crippen LogP contribution in [0.3, 0.4) is 0 Å². The fourth-order valence-electron chi connectivity index (χ4n) is 1.99. The summed E-state index contributed by atoms with van der Waals surface area (Å²) in [5.74, 6) is -0.766. The van der Waals surface area contributed by atoms with E-state index in [2.05, 4.69) is 5.16 Å². The highest BCUT2D eigenvalue weighted by atomic mass is 35.5. The molecule has 1 unspecified atom stereocenters. The highest BCUT2D eigenvalue weighted by molar-refractivity contribution is 8.05. The summed E-state index contributed by atoms with van der Waals surface area (Å²) in [5.41, 5.74) is -2.25. The average Bonchev–Trinajstić information content (AvgIpc) is 2.82. The molecule has 1 heterocycles. The SMILES string of the molecule is CC1(CCl)CC(S(=O)(=O)Cc2ccccc2C(F)(F)F)=NO1. The van der Waals surface area contributed by atoms with Gasteiger partial charge in [0.05, 0.1) is 17.2 Å². The van der Waals surface area contributed by atoms with Crippen LogP contribution in [0.1, 0.15) is 24.5 Å². The molecular weight excluding hydrogens is 343 g/mol. The largest absolute Gasteiger partial charge is 0.416 e. The van der Waals surface area contributed by atoms with E-state index in [9.17, 15) is 21.6 Å². The second kappa shape index (κ2) is 5.73. The first kappa shape index (κ1) is 17.1. The van der Waals surface area contributed by atoms with Crippen molar-refractivity contribution in [3.05, 3.63) is 35.4 Å². The third-order valence-electron chi connectivity index (χ3n) is 3.20. The van der Waals surface area contributed by atoms with Crippen molar-refractivity contribution < 1.29 is 26.4 Å². The lowest BCUT2D eigenvalue weighted by Gasteiger charge is -2.17. The van der Waals surface area contributed by atoms with Crippen molar-refractivity contribution in [2.24, 2.45) is 5.16 Å². The van der Waals surface area contributed by atoms with E-state index >= 15 is 0 Å². The van der Waals surface area contributed by atoms with Crippen molar-refractivity contribution in [1.29, 1.82) is 0 Å². The molecule has 0 radical (unpaired) electrons. The maximum Gasteiger partial charge on any atom is 0.416 e. The van der Waals surface area contributed by atoms with Gasteiger partial charge in [-0.3, -0.25) is 0 Å². The zero-order valence-corrected chi connectivity index (χ0v) is 13.1. The van der Waals surface area contributed by atoms with Crippen molar-refractivity contribution in [1.82, 2.24) is 0 Å². The summed E-state index contributed by atoms with van der Waals surface area (Å²) in [6, 6.07) is 4.55. The van der Waals surface area contributed by atoms with Crippen LogP contribution in [-0.2, 0) is 26.6 Å².